The predicted molar refractivity (Wildman–Crippen MR) is 68.1 cm³/mol. The molecule has 0 saturated carbocycles. The Hall–Kier alpha value is -1.84. The summed E-state index contributed by atoms with van der Waals surface area (Å²) < 4.78 is 0. The van der Waals surface area contributed by atoms with Crippen molar-refractivity contribution in [1.29, 1.82) is 0 Å². The minimum atomic E-state index is -0.357. The second-order valence-corrected chi connectivity index (χ2v) is 5.16. The Morgan fingerprint density at radius 3 is 2.61 bits per heavy atom. The van der Waals surface area contributed by atoms with Gasteiger partial charge in [-0.25, -0.2) is 0 Å². The van der Waals surface area contributed by atoms with Gasteiger partial charge >= 0.3 is 0 Å². The molecule has 1 unspecified atom stereocenters. The van der Waals surface area contributed by atoms with Gasteiger partial charge in [0, 0.05) is 25.2 Å². The Morgan fingerprint density at radius 2 is 1.89 bits per heavy atom. The smallest absolute Gasteiger partial charge is 0.234 e. The summed E-state index contributed by atoms with van der Waals surface area (Å²) in [7, 11) is 0. The Balaban J connectivity index is 1.79. The summed E-state index contributed by atoms with van der Waals surface area (Å²) in [4.78, 5) is 25.5. The number of imide groups is 1. The van der Waals surface area contributed by atoms with Crippen LogP contribution in [0.5, 0.6) is 0 Å². The Bertz CT molecular complexity index is 486. The minimum absolute atomic E-state index is 0.0859. The van der Waals surface area contributed by atoms with Crippen LogP contribution in [0.1, 0.15) is 19.3 Å². The highest BCUT2D eigenvalue weighted by atomic mass is 16.2. The van der Waals surface area contributed by atoms with Gasteiger partial charge in [-0.05, 0) is 25.0 Å². The summed E-state index contributed by atoms with van der Waals surface area (Å²) in [5.74, 6) is -0.221. The number of nitrogens with zero attached hydrogens (tertiary/aromatic N) is 1. The van der Waals surface area contributed by atoms with E-state index in [4.69, 9.17) is 0 Å². The first-order valence-electron chi connectivity index (χ1n) is 6.34. The molecule has 18 heavy (non-hydrogen) atoms. The lowest BCUT2D eigenvalue weighted by Crippen LogP contribution is -2.50. The van der Waals surface area contributed by atoms with Gasteiger partial charge in [-0.1, -0.05) is 18.2 Å². The number of amides is 2. The summed E-state index contributed by atoms with van der Waals surface area (Å²) in [5.41, 5.74) is 0.795. The molecular weight excluding hydrogens is 228 g/mol. The number of para-hydroxylation sites is 1. The number of carbonyl (C=O) groups is 2. The van der Waals surface area contributed by atoms with Crippen molar-refractivity contribution in [2.24, 2.45) is 5.41 Å². The fourth-order valence-electron chi connectivity index (χ4n) is 2.91. The number of hydrogen-bond acceptors (Lipinski definition) is 3. The van der Waals surface area contributed by atoms with E-state index in [0.29, 0.717) is 12.8 Å². The van der Waals surface area contributed by atoms with E-state index >= 15 is 0 Å². The van der Waals surface area contributed by atoms with Gasteiger partial charge < -0.3 is 4.90 Å². The maximum atomic E-state index is 12.0. The first kappa shape index (κ1) is 11.3. The zero-order valence-electron chi connectivity index (χ0n) is 10.2. The van der Waals surface area contributed by atoms with E-state index in [1.807, 2.05) is 18.2 Å². The number of hydrogen-bond donors (Lipinski definition) is 1. The highest BCUT2D eigenvalue weighted by Gasteiger charge is 2.47. The summed E-state index contributed by atoms with van der Waals surface area (Å²) in [6.07, 6.45) is 1.98. The summed E-state index contributed by atoms with van der Waals surface area (Å²) in [6, 6.07) is 10.1. The van der Waals surface area contributed by atoms with Crippen molar-refractivity contribution >= 4 is 17.5 Å². The highest BCUT2D eigenvalue weighted by Crippen LogP contribution is 2.39. The summed E-state index contributed by atoms with van der Waals surface area (Å²) >= 11 is 0. The molecule has 3 rings (SSSR count). The molecule has 0 aromatic heterocycles. The molecule has 4 nitrogen and oxygen atoms in total. The van der Waals surface area contributed by atoms with Crippen LogP contribution in [0.25, 0.3) is 0 Å². The molecular formula is C14H16N2O2. The molecule has 0 radical (unpaired) electrons. The molecule has 1 atom stereocenters. The molecule has 0 bridgehead atoms. The lowest BCUT2D eigenvalue weighted by atomic mass is 9.79. The fraction of sp³-hybridized carbons (Fsp3) is 0.429. The van der Waals surface area contributed by atoms with Crippen molar-refractivity contribution in [2.75, 3.05) is 18.0 Å². The van der Waals surface area contributed by atoms with Gasteiger partial charge in [-0.15, -0.1) is 0 Å². The third-order valence-corrected chi connectivity index (χ3v) is 4.04. The topological polar surface area (TPSA) is 49.4 Å². The minimum Gasteiger partial charge on any atom is -0.370 e. The van der Waals surface area contributed by atoms with Crippen molar-refractivity contribution < 1.29 is 9.59 Å². The van der Waals surface area contributed by atoms with Crippen LogP contribution >= 0.6 is 0 Å². The average molecular weight is 244 g/mol. The molecule has 1 spiro atoms. The largest absolute Gasteiger partial charge is 0.370 e. The van der Waals surface area contributed by atoms with Gasteiger partial charge in [0.1, 0.15) is 0 Å². The van der Waals surface area contributed by atoms with Crippen LogP contribution in [0.15, 0.2) is 30.3 Å². The molecule has 2 saturated heterocycles. The molecule has 2 amide bonds. The number of nitrogens with one attached hydrogen (secondary N) is 1. The molecule has 94 valence electrons. The van der Waals surface area contributed by atoms with Gasteiger partial charge in [0.25, 0.3) is 0 Å². The van der Waals surface area contributed by atoms with Crippen LogP contribution in [-0.2, 0) is 9.59 Å². The van der Waals surface area contributed by atoms with Crippen LogP contribution in [0.2, 0.25) is 0 Å². The Labute approximate surface area is 106 Å². The quantitative estimate of drug-likeness (QED) is 0.758. The van der Waals surface area contributed by atoms with Gasteiger partial charge in [0.2, 0.25) is 11.8 Å². The van der Waals surface area contributed by atoms with E-state index in [1.54, 1.807) is 0 Å². The van der Waals surface area contributed by atoms with Crippen molar-refractivity contribution in [3.63, 3.8) is 0 Å². The second kappa shape index (κ2) is 4.12. The summed E-state index contributed by atoms with van der Waals surface area (Å²) in [5, 5.41) is 2.48. The molecule has 2 aliphatic heterocycles. The van der Waals surface area contributed by atoms with Gasteiger partial charge in [0.05, 0.1) is 5.41 Å². The van der Waals surface area contributed by atoms with E-state index in [2.05, 4.69) is 22.3 Å². The van der Waals surface area contributed by atoms with E-state index < -0.39 is 0 Å². The number of carbonyl (C=O) groups excluding carboxylic acids is 2. The van der Waals surface area contributed by atoms with Crippen molar-refractivity contribution in [2.45, 2.75) is 19.3 Å². The first-order chi connectivity index (χ1) is 8.70. The van der Waals surface area contributed by atoms with Crippen molar-refractivity contribution in [3.05, 3.63) is 30.3 Å². The maximum Gasteiger partial charge on any atom is 0.234 e. The SMILES string of the molecule is O=C1CCC2(CCN(c3ccccc3)C2)C(=O)N1. The van der Waals surface area contributed by atoms with E-state index in [-0.39, 0.29) is 17.2 Å². The van der Waals surface area contributed by atoms with Crippen molar-refractivity contribution in [1.82, 2.24) is 5.32 Å². The molecule has 4 heteroatoms. The maximum absolute atomic E-state index is 12.0. The van der Waals surface area contributed by atoms with E-state index in [9.17, 15) is 9.59 Å². The predicted octanol–water partition coefficient (Wildman–Crippen LogP) is 1.32. The van der Waals surface area contributed by atoms with Crippen LogP contribution in [0.3, 0.4) is 0 Å². The monoisotopic (exact) mass is 244 g/mol. The van der Waals surface area contributed by atoms with Gasteiger partial charge in [-0.2, -0.15) is 0 Å². The first-order valence-corrected chi connectivity index (χ1v) is 6.34. The highest BCUT2D eigenvalue weighted by molar-refractivity contribution is 6.01. The normalized spacial score (nSPS) is 27.7. The average Bonchev–Trinajstić information content (AvgIpc) is 2.82. The molecule has 2 aliphatic rings. The number of rotatable bonds is 1. The van der Waals surface area contributed by atoms with Crippen LogP contribution in [0, 0.1) is 5.41 Å². The Kier molecular flexibility index (Phi) is 2.58. The third kappa shape index (κ3) is 1.78. The second-order valence-electron chi connectivity index (χ2n) is 5.16. The fourth-order valence-corrected chi connectivity index (χ4v) is 2.91. The van der Waals surface area contributed by atoms with Gasteiger partial charge in [-0.3, -0.25) is 14.9 Å². The van der Waals surface area contributed by atoms with E-state index in [0.717, 1.165) is 25.2 Å². The number of anilines is 1. The van der Waals surface area contributed by atoms with Crippen LogP contribution in [0.4, 0.5) is 5.69 Å². The lowest BCUT2D eigenvalue weighted by Gasteiger charge is -2.31. The summed E-state index contributed by atoms with van der Waals surface area (Å²) in [6.45, 7) is 1.60. The molecule has 1 aromatic rings. The zero-order chi connectivity index (χ0) is 12.6. The lowest BCUT2D eigenvalue weighted by molar-refractivity contribution is -0.140. The molecule has 1 N–H and O–H groups in total. The zero-order valence-corrected chi connectivity index (χ0v) is 10.2. The third-order valence-electron chi connectivity index (χ3n) is 4.04. The molecule has 0 aliphatic carbocycles. The number of benzene rings is 1. The van der Waals surface area contributed by atoms with Crippen LogP contribution in [-0.4, -0.2) is 24.9 Å². The molecule has 2 fully saturated rings. The standard InChI is InChI=1S/C14H16N2O2/c17-12-6-7-14(13(18)15-12)8-9-16(10-14)11-4-2-1-3-5-11/h1-5H,6-10H2,(H,15,17,18). The van der Waals surface area contributed by atoms with Crippen LogP contribution < -0.4 is 10.2 Å². The van der Waals surface area contributed by atoms with E-state index in [1.165, 1.54) is 0 Å². The van der Waals surface area contributed by atoms with Gasteiger partial charge in [0.15, 0.2) is 0 Å². The van der Waals surface area contributed by atoms with Crippen molar-refractivity contribution in [3.8, 4) is 0 Å². The molecule has 2 heterocycles. The number of piperidine rings is 1. The molecule has 1 aromatic carbocycles. The Morgan fingerprint density at radius 1 is 1.11 bits per heavy atom.